The second kappa shape index (κ2) is 10.5. The molecule has 3 aromatic carbocycles. The summed E-state index contributed by atoms with van der Waals surface area (Å²) in [4.78, 5) is 29.7. The van der Waals surface area contributed by atoms with Crippen LogP contribution in [0.25, 0.3) is 0 Å². The molecule has 2 heterocycles. The maximum absolute atomic E-state index is 13.6. The normalized spacial score (nSPS) is 19.1. The molecule has 0 saturated heterocycles. The number of carbonyl (C=O) groups is 2. The molecule has 0 fully saturated rings. The number of hydrazone groups is 1. The van der Waals surface area contributed by atoms with Crippen LogP contribution in [0.1, 0.15) is 41.1 Å². The number of hydrogen-bond acceptors (Lipinski definition) is 5. The molecule has 2 amide bonds. The quantitative estimate of drug-likeness (QED) is 0.418. The highest BCUT2D eigenvalue weighted by molar-refractivity contribution is 8.15. The lowest BCUT2D eigenvalue weighted by Gasteiger charge is -2.23. The third-order valence-electron chi connectivity index (χ3n) is 6.30. The molecular weight excluding hydrogens is 511 g/mol. The standard InChI is InChI=1S/C28H24ClFN4O2S/c1-16-3-6-18(7-4-16)23-14-24(19-8-10-20(30)11-9-19)34(33-23)28-32-27(36)25(37-28)15-26(35)31-21-12-5-17(2)22(29)13-21/h3-13,24-25H,14-15H2,1-2H3,(H,31,35)/t24-,25+/m1/s1. The van der Waals surface area contributed by atoms with E-state index in [4.69, 9.17) is 16.7 Å². The molecule has 5 rings (SSSR count). The van der Waals surface area contributed by atoms with Gasteiger partial charge in [-0.3, -0.25) is 9.59 Å². The molecule has 188 valence electrons. The van der Waals surface area contributed by atoms with Gasteiger partial charge in [-0.05, 0) is 54.8 Å². The van der Waals surface area contributed by atoms with Gasteiger partial charge in [-0.25, -0.2) is 9.40 Å². The molecule has 1 N–H and O–H groups in total. The van der Waals surface area contributed by atoms with Crippen molar-refractivity contribution in [1.29, 1.82) is 0 Å². The summed E-state index contributed by atoms with van der Waals surface area (Å²) in [6.45, 7) is 3.90. The van der Waals surface area contributed by atoms with Gasteiger partial charge in [0, 0.05) is 23.6 Å². The van der Waals surface area contributed by atoms with Crippen LogP contribution >= 0.6 is 23.4 Å². The van der Waals surface area contributed by atoms with E-state index in [1.54, 1.807) is 29.3 Å². The van der Waals surface area contributed by atoms with E-state index in [9.17, 15) is 14.0 Å². The van der Waals surface area contributed by atoms with Crippen molar-refractivity contribution in [1.82, 2.24) is 5.01 Å². The van der Waals surface area contributed by atoms with E-state index >= 15 is 0 Å². The number of thioether (sulfide) groups is 1. The number of aryl methyl sites for hydroxylation is 2. The summed E-state index contributed by atoms with van der Waals surface area (Å²) >= 11 is 7.37. The highest BCUT2D eigenvalue weighted by atomic mass is 35.5. The second-order valence-electron chi connectivity index (χ2n) is 9.08. The summed E-state index contributed by atoms with van der Waals surface area (Å²) in [6, 6.07) is 19.4. The molecule has 0 radical (unpaired) electrons. The van der Waals surface area contributed by atoms with Crippen LogP contribution < -0.4 is 5.32 Å². The van der Waals surface area contributed by atoms with Crippen LogP contribution in [-0.4, -0.2) is 33.0 Å². The van der Waals surface area contributed by atoms with Crippen molar-refractivity contribution in [3.8, 4) is 0 Å². The summed E-state index contributed by atoms with van der Waals surface area (Å²) in [5, 5.41) is 9.66. The second-order valence-corrected chi connectivity index (χ2v) is 10.7. The van der Waals surface area contributed by atoms with Crippen molar-refractivity contribution >= 4 is 51.7 Å². The summed E-state index contributed by atoms with van der Waals surface area (Å²) in [5.41, 5.74) is 5.31. The third kappa shape index (κ3) is 5.60. The average molecular weight is 535 g/mol. The molecule has 0 aromatic heterocycles. The van der Waals surface area contributed by atoms with E-state index in [2.05, 4.69) is 10.3 Å². The average Bonchev–Trinajstić information content (AvgIpc) is 3.46. The Morgan fingerprint density at radius 3 is 2.54 bits per heavy atom. The molecular formula is C28H24ClFN4O2S. The number of benzene rings is 3. The lowest BCUT2D eigenvalue weighted by Crippen LogP contribution is -2.25. The highest BCUT2D eigenvalue weighted by Gasteiger charge is 2.39. The molecule has 2 atom stereocenters. The first-order valence-electron chi connectivity index (χ1n) is 11.8. The number of rotatable bonds is 5. The Balaban J connectivity index is 1.34. The van der Waals surface area contributed by atoms with Crippen LogP contribution in [0.5, 0.6) is 0 Å². The number of nitrogens with one attached hydrogen (secondary N) is 1. The van der Waals surface area contributed by atoms with Gasteiger partial charge in [0.1, 0.15) is 11.1 Å². The van der Waals surface area contributed by atoms with E-state index in [1.807, 2.05) is 44.2 Å². The van der Waals surface area contributed by atoms with Gasteiger partial charge in [0.15, 0.2) is 5.17 Å². The zero-order valence-corrected chi connectivity index (χ0v) is 21.8. The van der Waals surface area contributed by atoms with Crippen molar-refractivity contribution in [2.45, 2.75) is 38.0 Å². The maximum Gasteiger partial charge on any atom is 0.262 e. The highest BCUT2D eigenvalue weighted by Crippen LogP contribution is 2.38. The van der Waals surface area contributed by atoms with E-state index in [1.165, 1.54) is 23.9 Å². The van der Waals surface area contributed by atoms with Gasteiger partial charge in [0.2, 0.25) is 5.91 Å². The Kier molecular flexibility index (Phi) is 7.13. The van der Waals surface area contributed by atoms with Gasteiger partial charge in [-0.2, -0.15) is 10.1 Å². The molecule has 2 aliphatic rings. The third-order valence-corrected chi connectivity index (χ3v) is 7.85. The zero-order valence-electron chi connectivity index (χ0n) is 20.2. The summed E-state index contributed by atoms with van der Waals surface area (Å²) in [5.74, 6) is -1.01. The monoisotopic (exact) mass is 534 g/mol. The molecule has 0 aliphatic carbocycles. The molecule has 3 aromatic rings. The van der Waals surface area contributed by atoms with Crippen molar-refractivity contribution in [3.05, 3.63) is 99.8 Å². The summed E-state index contributed by atoms with van der Waals surface area (Å²) in [7, 11) is 0. The zero-order chi connectivity index (χ0) is 26.1. The smallest absolute Gasteiger partial charge is 0.262 e. The number of carbonyl (C=O) groups excluding carboxylic acids is 2. The SMILES string of the molecule is Cc1ccc(C2=NN(C3=NC(=O)[C@H](CC(=O)Nc4ccc(C)c(Cl)c4)S3)[C@@H](c3ccc(F)cc3)C2)cc1. The predicted molar refractivity (Wildman–Crippen MR) is 147 cm³/mol. The van der Waals surface area contributed by atoms with E-state index in [0.29, 0.717) is 22.3 Å². The summed E-state index contributed by atoms with van der Waals surface area (Å²) < 4.78 is 13.6. The van der Waals surface area contributed by atoms with Gasteiger partial charge in [0.05, 0.1) is 11.8 Å². The number of nitrogens with zero attached hydrogens (tertiary/aromatic N) is 3. The molecule has 37 heavy (non-hydrogen) atoms. The molecule has 9 heteroatoms. The van der Waals surface area contributed by atoms with Crippen molar-refractivity contribution in [2.75, 3.05) is 5.32 Å². The number of halogens is 2. The molecule has 0 unspecified atom stereocenters. The van der Waals surface area contributed by atoms with Crippen LogP contribution in [0.2, 0.25) is 5.02 Å². The van der Waals surface area contributed by atoms with Crippen LogP contribution in [-0.2, 0) is 9.59 Å². The first kappa shape index (κ1) is 25.2. The Labute approximate surface area is 223 Å². The summed E-state index contributed by atoms with van der Waals surface area (Å²) in [6.07, 6.45) is 0.535. The first-order chi connectivity index (χ1) is 17.8. The number of amides is 2. The topological polar surface area (TPSA) is 74.1 Å². The molecule has 2 aliphatic heterocycles. The number of amidine groups is 1. The maximum atomic E-state index is 13.6. The predicted octanol–water partition coefficient (Wildman–Crippen LogP) is 6.27. The van der Waals surface area contributed by atoms with E-state index < -0.39 is 5.25 Å². The lowest BCUT2D eigenvalue weighted by molar-refractivity contribution is -0.121. The van der Waals surface area contributed by atoms with Gasteiger partial charge < -0.3 is 5.32 Å². The van der Waals surface area contributed by atoms with Crippen molar-refractivity contribution in [2.24, 2.45) is 10.1 Å². The first-order valence-corrected chi connectivity index (χ1v) is 13.1. The fraction of sp³-hybridized carbons (Fsp3) is 0.214. The minimum absolute atomic E-state index is 0.0361. The minimum atomic E-state index is -0.664. The molecule has 6 nitrogen and oxygen atoms in total. The van der Waals surface area contributed by atoms with Crippen LogP contribution in [0.15, 0.2) is 76.8 Å². The fourth-order valence-corrected chi connectivity index (χ4v) is 5.45. The Bertz CT molecular complexity index is 1420. The van der Waals surface area contributed by atoms with E-state index in [0.717, 1.165) is 28.0 Å². The van der Waals surface area contributed by atoms with Gasteiger partial charge in [0.25, 0.3) is 5.91 Å². The number of hydrogen-bond donors (Lipinski definition) is 1. The molecule has 0 spiro atoms. The fourth-order valence-electron chi connectivity index (χ4n) is 4.21. The van der Waals surface area contributed by atoms with Crippen molar-refractivity contribution < 1.29 is 14.0 Å². The molecule has 0 saturated carbocycles. The van der Waals surface area contributed by atoms with Crippen LogP contribution in [0, 0.1) is 19.7 Å². The van der Waals surface area contributed by atoms with Crippen molar-refractivity contribution in [3.63, 3.8) is 0 Å². The number of anilines is 1. The Morgan fingerprint density at radius 1 is 1.11 bits per heavy atom. The van der Waals surface area contributed by atoms with Gasteiger partial charge in [-0.15, -0.1) is 0 Å². The lowest BCUT2D eigenvalue weighted by atomic mass is 9.98. The largest absolute Gasteiger partial charge is 0.326 e. The van der Waals surface area contributed by atoms with Crippen LogP contribution in [0.3, 0.4) is 0 Å². The van der Waals surface area contributed by atoms with E-state index in [-0.39, 0.29) is 30.1 Å². The number of aliphatic imine (C=N–C) groups is 1. The molecule has 0 bridgehead atoms. The van der Waals surface area contributed by atoms with Gasteiger partial charge >= 0.3 is 0 Å². The Morgan fingerprint density at radius 2 is 1.84 bits per heavy atom. The van der Waals surface area contributed by atoms with Crippen LogP contribution in [0.4, 0.5) is 10.1 Å². The minimum Gasteiger partial charge on any atom is -0.326 e. The Hall–Kier alpha value is -3.49. The van der Waals surface area contributed by atoms with Gasteiger partial charge in [-0.1, -0.05) is 71.4 Å².